The van der Waals surface area contributed by atoms with E-state index >= 15 is 0 Å². The summed E-state index contributed by atoms with van der Waals surface area (Å²) in [6.45, 7) is -1.18. The number of benzene rings is 5. The largest absolute Gasteiger partial charge is 0.504 e. The number of aromatic hydroxyl groups is 13. The van der Waals surface area contributed by atoms with Crippen LogP contribution in [0.15, 0.2) is 30.3 Å². The van der Waals surface area contributed by atoms with Crippen LogP contribution in [0.5, 0.6) is 92.0 Å². The van der Waals surface area contributed by atoms with E-state index in [1.807, 2.05) is 0 Å². The summed E-state index contributed by atoms with van der Waals surface area (Å²) in [7, 11) is 0. The van der Waals surface area contributed by atoms with Crippen molar-refractivity contribution in [2.24, 2.45) is 0 Å². The fourth-order valence-electron chi connectivity index (χ4n) is 7.77. The monoisotopic (exact) mass is 934 g/mol. The third-order valence-electron chi connectivity index (χ3n) is 10.9. The first kappa shape index (κ1) is 42.9. The molecule has 0 spiro atoms. The normalized spacial score (nSPS) is 20.8. The third-order valence-corrected chi connectivity index (χ3v) is 10.9. The molecule has 5 aromatic rings. The molecule has 4 heterocycles. The van der Waals surface area contributed by atoms with Gasteiger partial charge in [0.15, 0.2) is 82.1 Å². The standard InChI is InChI=1S/C41H26O26/c42-12-1-7-18(26(51)22(12)47)19-8(2-13(43)23(48)27(19)52)39(58)67-35-34(66-38(7)57)32-17(62-41(35)60)6-61-36(55)10-4-16(46)31-33(65-40(59)11-5-15(45)25(50)29(54)30(11)63-31)21(10)20-9(37(56)64-32)3-14(44)24(49)28(20)53/h1-5,17,32,34-35,41-54,60H,6H2/t17-,32-,34+,35-,41?/m1/s1. The molecule has 1 unspecified atom stereocenters. The number of aliphatic hydroxyl groups excluding tert-OH is 1. The third kappa shape index (κ3) is 6.30. The molecular weight excluding hydrogens is 908 g/mol. The number of cyclic esters (lactones) is 1. The molecule has 1 saturated heterocycles. The number of aliphatic hydroxyl groups is 1. The van der Waals surface area contributed by atoms with E-state index in [0.29, 0.717) is 30.3 Å². The number of hydrogen-bond acceptors (Lipinski definition) is 26. The molecule has 0 amide bonds. The van der Waals surface area contributed by atoms with Gasteiger partial charge in [-0.25, -0.2) is 24.0 Å². The Morgan fingerprint density at radius 2 is 0.776 bits per heavy atom. The van der Waals surface area contributed by atoms with Gasteiger partial charge in [-0.1, -0.05) is 0 Å². The van der Waals surface area contributed by atoms with Crippen molar-refractivity contribution in [3.63, 3.8) is 0 Å². The van der Waals surface area contributed by atoms with Crippen molar-refractivity contribution in [1.82, 2.24) is 0 Å². The molecule has 4 aliphatic rings. The molecule has 0 saturated carbocycles. The van der Waals surface area contributed by atoms with Crippen LogP contribution in [0.2, 0.25) is 0 Å². The Labute approximate surface area is 367 Å². The quantitative estimate of drug-likeness (QED) is 0.0454. The fraction of sp³-hybridized carbons (Fsp3) is 0.146. The first-order chi connectivity index (χ1) is 31.6. The molecule has 0 aliphatic carbocycles. The molecule has 0 bridgehead atoms. The number of rotatable bonds is 0. The molecule has 1 fully saturated rings. The van der Waals surface area contributed by atoms with Gasteiger partial charge in [-0.2, -0.15) is 0 Å². The minimum Gasteiger partial charge on any atom is -0.504 e. The highest BCUT2D eigenvalue weighted by molar-refractivity contribution is 6.11. The smallest absolute Gasteiger partial charge is 0.347 e. The zero-order chi connectivity index (χ0) is 48.4. The predicted molar refractivity (Wildman–Crippen MR) is 206 cm³/mol. The minimum absolute atomic E-state index is 0.430. The summed E-state index contributed by atoms with van der Waals surface area (Å²) in [5.74, 6) is -28.1. The van der Waals surface area contributed by atoms with Crippen LogP contribution >= 0.6 is 0 Å². The van der Waals surface area contributed by atoms with E-state index in [0.717, 1.165) is 0 Å². The molecule has 0 radical (unpaired) electrons. The van der Waals surface area contributed by atoms with Crippen molar-refractivity contribution in [3.05, 3.63) is 58.1 Å². The maximum atomic E-state index is 14.6. The van der Waals surface area contributed by atoms with Gasteiger partial charge in [0.05, 0.1) is 22.3 Å². The van der Waals surface area contributed by atoms with E-state index in [1.165, 1.54) is 0 Å². The Bertz CT molecular complexity index is 3120. The molecule has 0 aromatic heterocycles. The van der Waals surface area contributed by atoms with Crippen LogP contribution in [0.1, 0.15) is 51.8 Å². The van der Waals surface area contributed by atoms with E-state index in [4.69, 9.17) is 33.2 Å². The highest BCUT2D eigenvalue weighted by Crippen LogP contribution is 2.59. The Balaban J connectivity index is 1.23. The first-order valence-electron chi connectivity index (χ1n) is 18.7. The zero-order valence-corrected chi connectivity index (χ0v) is 32.6. The van der Waals surface area contributed by atoms with Gasteiger partial charge in [0.2, 0.25) is 34.5 Å². The van der Waals surface area contributed by atoms with Gasteiger partial charge >= 0.3 is 29.8 Å². The highest BCUT2D eigenvalue weighted by Gasteiger charge is 2.54. The van der Waals surface area contributed by atoms with Crippen LogP contribution in [0.3, 0.4) is 0 Å². The van der Waals surface area contributed by atoms with Gasteiger partial charge in [0.1, 0.15) is 18.3 Å². The minimum atomic E-state index is -2.48. The summed E-state index contributed by atoms with van der Waals surface area (Å²) in [6, 6.07) is 2.46. The Morgan fingerprint density at radius 1 is 0.373 bits per heavy atom. The van der Waals surface area contributed by atoms with E-state index in [1.54, 1.807) is 0 Å². The van der Waals surface area contributed by atoms with Gasteiger partial charge < -0.3 is 105 Å². The molecular formula is C41H26O26. The molecule has 4 aliphatic heterocycles. The average molecular weight is 935 g/mol. The molecule has 67 heavy (non-hydrogen) atoms. The lowest BCUT2D eigenvalue weighted by atomic mass is 9.91. The van der Waals surface area contributed by atoms with E-state index in [9.17, 15) is 95.5 Å². The first-order valence-corrected chi connectivity index (χ1v) is 18.7. The van der Waals surface area contributed by atoms with E-state index < -0.39 is 209 Å². The molecule has 5 aromatic carbocycles. The fourth-order valence-corrected chi connectivity index (χ4v) is 7.77. The van der Waals surface area contributed by atoms with E-state index in [2.05, 4.69) is 0 Å². The summed E-state index contributed by atoms with van der Waals surface area (Å²) in [6.07, 6.45) is -11.6. The van der Waals surface area contributed by atoms with Crippen LogP contribution in [0, 0.1) is 0 Å². The summed E-state index contributed by atoms with van der Waals surface area (Å²) in [5.41, 5.74) is -8.98. The number of phenolic OH excluding ortho intramolecular Hbond substituents is 13. The second-order valence-corrected chi connectivity index (χ2v) is 14.8. The van der Waals surface area contributed by atoms with Gasteiger partial charge in [0.25, 0.3) is 0 Å². The maximum absolute atomic E-state index is 14.6. The summed E-state index contributed by atoms with van der Waals surface area (Å²) >= 11 is 0. The summed E-state index contributed by atoms with van der Waals surface area (Å²) in [4.78, 5) is 70.5. The lowest BCUT2D eigenvalue weighted by Gasteiger charge is -2.43. The number of hydrogen-bond donors (Lipinski definition) is 14. The van der Waals surface area contributed by atoms with Crippen molar-refractivity contribution in [3.8, 4) is 114 Å². The lowest BCUT2D eigenvalue weighted by Crippen LogP contribution is -2.62. The van der Waals surface area contributed by atoms with Gasteiger partial charge in [-0.15, -0.1) is 0 Å². The maximum Gasteiger partial charge on any atom is 0.347 e. The van der Waals surface area contributed by atoms with Crippen molar-refractivity contribution >= 4 is 29.8 Å². The van der Waals surface area contributed by atoms with Gasteiger partial charge in [-0.3, -0.25) is 0 Å². The molecule has 26 nitrogen and oxygen atoms in total. The van der Waals surface area contributed by atoms with Crippen molar-refractivity contribution in [2.75, 3.05) is 6.61 Å². The predicted octanol–water partition coefficient (Wildman–Crippen LogP) is 1.70. The number of fused-ring (bicyclic) bond motifs is 12. The van der Waals surface area contributed by atoms with Crippen LogP contribution in [0.25, 0.3) is 22.3 Å². The summed E-state index contributed by atoms with van der Waals surface area (Å²) < 4.78 is 38.7. The van der Waals surface area contributed by atoms with Crippen molar-refractivity contribution in [1.29, 1.82) is 0 Å². The molecule has 346 valence electrons. The van der Waals surface area contributed by atoms with Crippen molar-refractivity contribution < 1.29 is 129 Å². The lowest BCUT2D eigenvalue weighted by molar-refractivity contribution is -0.284. The average Bonchev–Trinajstić information content (AvgIpc) is 3.43. The molecule has 14 N–H and O–H groups in total. The molecule has 9 rings (SSSR count). The zero-order valence-electron chi connectivity index (χ0n) is 32.6. The summed E-state index contributed by atoms with van der Waals surface area (Å²) in [5, 5.41) is 150. The molecule has 26 heteroatoms. The van der Waals surface area contributed by atoms with Gasteiger partial charge in [0, 0.05) is 28.3 Å². The van der Waals surface area contributed by atoms with Crippen LogP contribution in [-0.4, -0.2) is 139 Å². The van der Waals surface area contributed by atoms with Crippen LogP contribution in [0.4, 0.5) is 0 Å². The number of esters is 5. The molecule has 5 atom stereocenters. The Morgan fingerprint density at radius 3 is 1.28 bits per heavy atom. The second-order valence-electron chi connectivity index (χ2n) is 14.8. The highest BCUT2D eigenvalue weighted by atomic mass is 16.7. The van der Waals surface area contributed by atoms with Crippen molar-refractivity contribution in [2.45, 2.75) is 30.7 Å². The number of phenols is 13. The Kier molecular flexibility index (Phi) is 9.48. The van der Waals surface area contributed by atoms with E-state index in [-0.39, 0.29) is 0 Å². The second kappa shape index (κ2) is 14.8. The Hall–Kier alpha value is -9.43. The SMILES string of the molecule is O=C1Oc2c(c(O)cc3c2-c2c(cc(O)c(O)c2O)C(=O)O[C@H]2[C@@H]4OC(=O)c5cc(O)c(O)c(O)c5-c5c(cc(O)c(O)c5O)C(=O)O[C@H]4C(O)O[C@@H]2COC3=O)Oc2c1cc(O)c(O)c2O. The topological polar surface area (TPSA) is 433 Å². The van der Waals surface area contributed by atoms with Crippen LogP contribution < -0.4 is 9.47 Å². The number of carbonyl (C=O) groups excluding carboxylic acids is 5. The van der Waals surface area contributed by atoms with Crippen LogP contribution in [-0.2, 0) is 23.7 Å². The van der Waals surface area contributed by atoms with Gasteiger partial charge in [-0.05, 0) is 24.3 Å². The number of carbonyl (C=O) groups is 5. The number of ether oxygens (including phenoxy) is 7.